The Morgan fingerprint density at radius 2 is 2.00 bits per heavy atom. The lowest BCUT2D eigenvalue weighted by Gasteiger charge is -2.15. The van der Waals surface area contributed by atoms with Crippen LogP contribution in [-0.4, -0.2) is 18.6 Å². The molecule has 0 aliphatic heterocycles. The number of benzene rings is 1. The van der Waals surface area contributed by atoms with Gasteiger partial charge in [-0.05, 0) is 31.4 Å². The summed E-state index contributed by atoms with van der Waals surface area (Å²) in [7, 11) is 0. The molecule has 1 amide bonds. The van der Waals surface area contributed by atoms with Crippen molar-refractivity contribution in [3.05, 3.63) is 22.2 Å². The molecular formula is C14H20Cl2N2O2. The number of nitrogen functional groups attached to an aromatic ring is 1. The average Bonchev–Trinajstić information content (AvgIpc) is 2.30. The third kappa shape index (κ3) is 5.57. The van der Waals surface area contributed by atoms with Crippen LogP contribution >= 0.6 is 23.2 Å². The van der Waals surface area contributed by atoms with E-state index in [0.29, 0.717) is 27.3 Å². The number of halogens is 2. The van der Waals surface area contributed by atoms with Gasteiger partial charge in [0.05, 0.1) is 22.5 Å². The van der Waals surface area contributed by atoms with Crippen LogP contribution in [0.5, 0.6) is 0 Å². The van der Waals surface area contributed by atoms with Gasteiger partial charge in [0, 0.05) is 5.02 Å². The normalized spacial score (nSPS) is 12.5. The molecule has 1 aromatic rings. The lowest BCUT2D eigenvalue weighted by Crippen LogP contribution is -2.23. The number of hydrogen-bond donors (Lipinski definition) is 2. The zero-order valence-corrected chi connectivity index (χ0v) is 13.4. The molecule has 0 heterocycles. The maximum Gasteiger partial charge on any atom is 0.250 e. The van der Waals surface area contributed by atoms with Gasteiger partial charge in [-0.1, -0.05) is 37.0 Å². The predicted octanol–water partition coefficient (Wildman–Crippen LogP) is 3.97. The van der Waals surface area contributed by atoms with Crippen LogP contribution in [-0.2, 0) is 9.53 Å². The molecule has 0 saturated carbocycles. The summed E-state index contributed by atoms with van der Waals surface area (Å²) in [5, 5.41) is 3.36. The van der Waals surface area contributed by atoms with Crippen LogP contribution in [0, 0.1) is 5.92 Å². The summed E-state index contributed by atoms with van der Waals surface area (Å²) in [6.45, 7) is 6.12. The second-order valence-electron chi connectivity index (χ2n) is 5.15. The van der Waals surface area contributed by atoms with Crippen molar-refractivity contribution in [3.8, 4) is 0 Å². The van der Waals surface area contributed by atoms with Crippen LogP contribution in [0.15, 0.2) is 12.1 Å². The van der Waals surface area contributed by atoms with E-state index in [2.05, 4.69) is 19.2 Å². The molecule has 20 heavy (non-hydrogen) atoms. The van der Waals surface area contributed by atoms with Gasteiger partial charge in [0.1, 0.15) is 6.61 Å². The van der Waals surface area contributed by atoms with Crippen molar-refractivity contribution in [1.82, 2.24) is 0 Å². The highest BCUT2D eigenvalue weighted by Crippen LogP contribution is 2.31. The number of anilines is 2. The molecule has 0 bridgehead atoms. The fourth-order valence-corrected chi connectivity index (χ4v) is 2.41. The first-order valence-electron chi connectivity index (χ1n) is 6.45. The van der Waals surface area contributed by atoms with Gasteiger partial charge in [0.15, 0.2) is 0 Å². The first-order valence-corrected chi connectivity index (χ1v) is 7.21. The van der Waals surface area contributed by atoms with E-state index in [1.807, 2.05) is 6.92 Å². The number of nitrogens with two attached hydrogens (primary N) is 1. The number of amides is 1. The minimum Gasteiger partial charge on any atom is -0.397 e. The fraction of sp³-hybridized carbons (Fsp3) is 0.500. The van der Waals surface area contributed by atoms with Gasteiger partial charge in [0.25, 0.3) is 0 Å². The second-order valence-corrected chi connectivity index (χ2v) is 5.99. The molecule has 0 radical (unpaired) electrons. The van der Waals surface area contributed by atoms with Crippen LogP contribution in [0.2, 0.25) is 10.0 Å². The van der Waals surface area contributed by atoms with Gasteiger partial charge < -0.3 is 15.8 Å². The van der Waals surface area contributed by atoms with Crippen molar-refractivity contribution in [1.29, 1.82) is 0 Å². The second kappa shape index (κ2) is 7.72. The summed E-state index contributed by atoms with van der Waals surface area (Å²) in [5.41, 5.74) is 6.46. The molecule has 6 heteroatoms. The summed E-state index contributed by atoms with van der Waals surface area (Å²) in [6.07, 6.45) is 0.927. The van der Waals surface area contributed by atoms with Crippen molar-refractivity contribution in [2.45, 2.75) is 33.3 Å². The SMILES string of the molecule is CC(C)CC(C)OCC(=O)Nc1c(N)cc(Cl)cc1Cl. The molecule has 0 aliphatic carbocycles. The Balaban J connectivity index is 2.55. The standard InChI is InChI=1S/C14H20Cl2N2O2/c1-8(2)4-9(3)20-7-13(19)18-14-11(16)5-10(15)6-12(14)17/h5-6,8-9H,4,7,17H2,1-3H3,(H,18,19). The van der Waals surface area contributed by atoms with Crippen molar-refractivity contribution in [2.24, 2.45) is 5.92 Å². The Morgan fingerprint density at radius 3 is 2.55 bits per heavy atom. The van der Waals surface area contributed by atoms with Gasteiger partial charge in [-0.2, -0.15) is 0 Å². The fourth-order valence-electron chi connectivity index (χ4n) is 1.85. The molecule has 3 N–H and O–H groups in total. The average molecular weight is 319 g/mol. The smallest absolute Gasteiger partial charge is 0.250 e. The minimum absolute atomic E-state index is 0.0267. The molecular weight excluding hydrogens is 299 g/mol. The van der Waals surface area contributed by atoms with Crippen LogP contribution < -0.4 is 11.1 Å². The number of hydrogen-bond acceptors (Lipinski definition) is 3. The van der Waals surface area contributed by atoms with Gasteiger partial charge in [-0.25, -0.2) is 0 Å². The summed E-state index contributed by atoms with van der Waals surface area (Å²) in [6, 6.07) is 3.06. The number of carbonyl (C=O) groups excluding carboxylic acids is 1. The number of rotatable bonds is 6. The topological polar surface area (TPSA) is 64.3 Å². The molecule has 0 saturated heterocycles. The third-order valence-electron chi connectivity index (χ3n) is 2.65. The molecule has 0 spiro atoms. The largest absolute Gasteiger partial charge is 0.397 e. The van der Waals surface area contributed by atoms with Crippen LogP contribution in [0.1, 0.15) is 27.2 Å². The zero-order valence-electron chi connectivity index (χ0n) is 11.9. The summed E-state index contributed by atoms with van der Waals surface area (Å²) >= 11 is 11.8. The molecule has 112 valence electrons. The maximum atomic E-state index is 11.8. The van der Waals surface area contributed by atoms with E-state index in [-0.39, 0.29) is 18.6 Å². The number of ether oxygens (including phenoxy) is 1. The quantitative estimate of drug-likeness (QED) is 0.780. The van der Waals surface area contributed by atoms with Gasteiger partial charge >= 0.3 is 0 Å². The van der Waals surface area contributed by atoms with Crippen molar-refractivity contribution < 1.29 is 9.53 Å². The number of carbonyl (C=O) groups is 1. The van der Waals surface area contributed by atoms with E-state index in [1.165, 1.54) is 12.1 Å². The Hall–Kier alpha value is -0.970. The highest BCUT2D eigenvalue weighted by Gasteiger charge is 2.12. The van der Waals surface area contributed by atoms with Crippen molar-refractivity contribution in [3.63, 3.8) is 0 Å². The third-order valence-corrected chi connectivity index (χ3v) is 3.17. The van der Waals surface area contributed by atoms with E-state index in [1.54, 1.807) is 0 Å². The van der Waals surface area contributed by atoms with Gasteiger partial charge in [0.2, 0.25) is 5.91 Å². The first-order chi connectivity index (χ1) is 9.29. The molecule has 1 aromatic carbocycles. The highest BCUT2D eigenvalue weighted by atomic mass is 35.5. The summed E-state index contributed by atoms with van der Waals surface area (Å²) in [4.78, 5) is 11.8. The van der Waals surface area contributed by atoms with E-state index < -0.39 is 0 Å². The van der Waals surface area contributed by atoms with E-state index in [0.717, 1.165) is 6.42 Å². The van der Waals surface area contributed by atoms with E-state index in [4.69, 9.17) is 33.7 Å². The summed E-state index contributed by atoms with van der Waals surface area (Å²) in [5.74, 6) is 0.228. The minimum atomic E-state index is -0.295. The molecule has 1 atom stereocenters. The van der Waals surface area contributed by atoms with Crippen LogP contribution in [0.3, 0.4) is 0 Å². The highest BCUT2D eigenvalue weighted by molar-refractivity contribution is 6.37. The first kappa shape index (κ1) is 17.1. The van der Waals surface area contributed by atoms with Crippen LogP contribution in [0.25, 0.3) is 0 Å². The maximum absolute atomic E-state index is 11.8. The molecule has 4 nitrogen and oxygen atoms in total. The van der Waals surface area contributed by atoms with E-state index in [9.17, 15) is 4.79 Å². The van der Waals surface area contributed by atoms with Gasteiger partial charge in [-0.3, -0.25) is 4.79 Å². The molecule has 0 aliphatic rings. The molecule has 1 rings (SSSR count). The Morgan fingerprint density at radius 1 is 1.35 bits per heavy atom. The lowest BCUT2D eigenvalue weighted by molar-refractivity contribution is -0.122. The van der Waals surface area contributed by atoms with Crippen molar-refractivity contribution >= 4 is 40.5 Å². The van der Waals surface area contributed by atoms with E-state index >= 15 is 0 Å². The monoisotopic (exact) mass is 318 g/mol. The number of nitrogens with one attached hydrogen (secondary N) is 1. The van der Waals surface area contributed by atoms with Crippen molar-refractivity contribution in [2.75, 3.05) is 17.7 Å². The Labute approximate surface area is 129 Å². The Bertz CT molecular complexity index is 455. The predicted molar refractivity (Wildman–Crippen MR) is 84.4 cm³/mol. The summed E-state index contributed by atoms with van der Waals surface area (Å²) < 4.78 is 5.47. The lowest BCUT2D eigenvalue weighted by atomic mass is 10.1. The molecule has 0 fully saturated rings. The van der Waals surface area contributed by atoms with Gasteiger partial charge in [-0.15, -0.1) is 0 Å². The Kier molecular flexibility index (Phi) is 6.59. The molecule has 0 aromatic heterocycles. The zero-order chi connectivity index (χ0) is 15.3. The molecule has 1 unspecified atom stereocenters. The van der Waals surface area contributed by atoms with Crippen LogP contribution in [0.4, 0.5) is 11.4 Å².